The number of aliphatic carboxylic acids is 1. The van der Waals surface area contributed by atoms with Crippen LogP contribution in [0.15, 0.2) is 54.6 Å². The molecule has 2 heterocycles. The molecular weight excluding hydrogens is 669 g/mol. The highest BCUT2D eigenvalue weighted by molar-refractivity contribution is 6.32. The van der Waals surface area contributed by atoms with Gasteiger partial charge in [-0.05, 0) is 67.9 Å². The zero-order valence-corrected chi connectivity index (χ0v) is 25.6. The Morgan fingerprint density at radius 2 is 1.81 bits per heavy atom. The Morgan fingerprint density at radius 1 is 1.06 bits per heavy atom. The average molecular weight is 694 g/mol. The van der Waals surface area contributed by atoms with Gasteiger partial charge >= 0.3 is 12.1 Å². The number of anilines is 1. The Kier molecular flexibility index (Phi) is 11.3. The predicted molar refractivity (Wildman–Crippen MR) is 165 cm³/mol. The maximum Gasteiger partial charge on any atom is 0.490 e. The molecule has 10 nitrogen and oxygen atoms in total. The number of ether oxygens (including phenoxy) is 1. The molecule has 0 bridgehead atoms. The van der Waals surface area contributed by atoms with Gasteiger partial charge in [0, 0.05) is 33.7 Å². The molecule has 16 heteroatoms. The molecule has 5 rings (SSSR count). The molecule has 1 saturated heterocycles. The van der Waals surface area contributed by atoms with E-state index in [-0.39, 0.29) is 56.9 Å². The lowest BCUT2D eigenvalue weighted by atomic mass is 10.0. The number of aromatic amines is 1. The quantitative estimate of drug-likeness (QED) is 0.132. The standard InChI is InChI=1S/C29H24Cl2FN5O3.C2HF3O2/c30-19-9-16(14-33)10-21(13-19)40-27-22(31)6-4-17(26(27)32)15-35-28(38)25-12-18-11-20(5-7-23(18)37-25)36-29(39)24-3-1-2-8-34-24;3-2(4,5)1(6)7/h4-7,9-13,24,34,37H,1-3,8,15H2,(H,35,38)(H,36,39);(H,6,7)/t24-;/m0./s1. The molecule has 3 aromatic carbocycles. The molecule has 2 amide bonds. The van der Waals surface area contributed by atoms with Crippen molar-refractivity contribution in [2.75, 3.05) is 11.9 Å². The number of alkyl halides is 3. The number of hydrogen-bond donors (Lipinski definition) is 5. The molecule has 1 aromatic heterocycles. The van der Waals surface area contributed by atoms with E-state index in [4.69, 9.17) is 43.1 Å². The third kappa shape index (κ3) is 9.35. The van der Waals surface area contributed by atoms with E-state index in [0.29, 0.717) is 11.2 Å². The molecule has 246 valence electrons. The average Bonchev–Trinajstić information content (AvgIpc) is 3.46. The van der Waals surface area contributed by atoms with Crippen LogP contribution in [-0.4, -0.2) is 46.6 Å². The summed E-state index contributed by atoms with van der Waals surface area (Å²) in [7, 11) is 0. The van der Waals surface area contributed by atoms with Gasteiger partial charge in [0.15, 0.2) is 11.6 Å². The molecule has 0 unspecified atom stereocenters. The van der Waals surface area contributed by atoms with Crippen LogP contribution in [0.3, 0.4) is 0 Å². The highest BCUT2D eigenvalue weighted by Gasteiger charge is 2.38. The van der Waals surface area contributed by atoms with E-state index in [9.17, 15) is 22.8 Å². The van der Waals surface area contributed by atoms with Crippen LogP contribution in [0.25, 0.3) is 10.9 Å². The molecule has 1 fully saturated rings. The summed E-state index contributed by atoms with van der Waals surface area (Å²) < 4.78 is 52.7. The van der Waals surface area contributed by atoms with Crippen LogP contribution in [0.2, 0.25) is 10.0 Å². The molecule has 5 N–H and O–H groups in total. The number of carboxylic acid groups (broad SMARTS) is 1. The number of fused-ring (bicyclic) bond motifs is 1. The van der Waals surface area contributed by atoms with Gasteiger partial charge in [0.2, 0.25) is 5.91 Å². The number of piperidine rings is 1. The molecule has 1 aliphatic rings. The number of hydrogen-bond acceptors (Lipinski definition) is 6. The van der Waals surface area contributed by atoms with Gasteiger partial charge in [0.05, 0.1) is 22.7 Å². The van der Waals surface area contributed by atoms with E-state index in [1.165, 1.54) is 30.3 Å². The number of nitriles is 1. The Labute approximate surface area is 274 Å². The third-order valence-electron chi connectivity index (χ3n) is 6.79. The molecule has 47 heavy (non-hydrogen) atoms. The lowest BCUT2D eigenvalue weighted by Crippen LogP contribution is -2.43. The number of halogens is 6. The summed E-state index contributed by atoms with van der Waals surface area (Å²) >= 11 is 12.2. The smallest absolute Gasteiger partial charge is 0.475 e. The van der Waals surface area contributed by atoms with Crippen molar-refractivity contribution in [2.24, 2.45) is 0 Å². The van der Waals surface area contributed by atoms with E-state index < -0.39 is 23.9 Å². The van der Waals surface area contributed by atoms with Crippen molar-refractivity contribution < 1.29 is 41.8 Å². The topological polar surface area (TPSA) is 156 Å². The summed E-state index contributed by atoms with van der Waals surface area (Å²) in [6.07, 6.45) is -2.20. The van der Waals surface area contributed by atoms with Crippen LogP contribution >= 0.6 is 23.2 Å². The number of carbonyl (C=O) groups excluding carboxylic acids is 2. The van der Waals surface area contributed by atoms with Crippen molar-refractivity contribution >= 4 is 57.6 Å². The van der Waals surface area contributed by atoms with E-state index >= 15 is 4.39 Å². The fourth-order valence-corrected chi connectivity index (χ4v) is 4.93. The third-order valence-corrected chi connectivity index (χ3v) is 7.31. The highest BCUT2D eigenvalue weighted by Crippen LogP contribution is 2.35. The van der Waals surface area contributed by atoms with Crippen LogP contribution in [0.1, 0.15) is 40.9 Å². The Balaban J connectivity index is 0.000000644. The number of rotatable bonds is 7. The second-order valence-corrected chi connectivity index (χ2v) is 11.0. The summed E-state index contributed by atoms with van der Waals surface area (Å²) in [4.78, 5) is 37.4. The second-order valence-electron chi connectivity index (χ2n) is 10.2. The minimum atomic E-state index is -5.08. The van der Waals surface area contributed by atoms with Gasteiger partial charge in [-0.1, -0.05) is 35.7 Å². The number of carboxylic acids is 1. The summed E-state index contributed by atoms with van der Waals surface area (Å²) in [6, 6.07) is 16.0. The lowest BCUT2D eigenvalue weighted by Gasteiger charge is -2.22. The summed E-state index contributed by atoms with van der Waals surface area (Å²) in [5.41, 5.74) is 2.02. The number of amides is 2. The lowest BCUT2D eigenvalue weighted by molar-refractivity contribution is -0.192. The van der Waals surface area contributed by atoms with E-state index in [2.05, 4.69) is 20.9 Å². The number of H-pyrrole nitrogens is 1. The van der Waals surface area contributed by atoms with Crippen molar-refractivity contribution in [1.29, 1.82) is 5.26 Å². The van der Waals surface area contributed by atoms with E-state index in [0.717, 1.165) is 31.2 Å². The normalized spacial score (nSPS) is 14.4. The van der Waals surface area contributed by atoms with Crippen molar-refractivity contribution in [1.82, 2.24) is 15.6 Å². The first-order valence-corrected chi connectivity index (χ1v) is 14.6. The zero-order chi connectivity index (χ0) is 34.3. The second kappa shape index (κ2) is 15.2. The van der Waals surface area contributed by atoms with Crippen molar-refractivity contribution in [2.45, 2.75) is 38.0 Å². The zero-order valence-electron chi connectivity index (χ0n) is 24.1. The van der Waals surface area contributed by atoms with Crippen molar-refractivity contribution in [3.8, 4) is 17.6 Å². The number of carbonyl (C=O) groups is 3. The number of benzene rings is 3. The maximum absolute atomic E-state index is 15.3. The van der Waals surface area contributed by atoms with E-state index in [1.54, 1.807) is 24.3 Å². The Hall–Kier alpha value is -4.84. The summed E-state index contributed by atoms with van der Waals surface area (Å²) in [5.74, 6) is -4.14. The van der Waals surface area contributed by atoms with Gasteiger partial charge in [-0.2, -0.15) is 18.4 Å². The Bertz CT molecular complexity index is 1850. The predicted octanol–water partition coefficient (Wildman–Crippen LogP) is 6.92. The van der Waals surface area contributed by atoms with Gasteiger partial charge in [-0.3, -0.25) is 9.59 Å². The summed E-state index contributed by atoms with van der Waals surface area (Å²) in [6.45, 7) is 0.689. The van der Waals surface area contributed by atoms with E-state index in [1.807, 2.05) is 6.07 Å². The largest absolute Gasteiger partial charge is 0.490 e. The highest BCUT2D eigenvalue weighted by atomic mass is 35.5. The van der Waals surface area contributed by atoms with Crippen LogP contribution in [0.4, 0.5) is 23.2 Å². The van der Waals surface area contributed by atoms with Gasteiger partial charge in [0.25, 0.3) is 5.91 Å². The van der Waals surface area contributed by atoms with Gasteiger partial charge in [-0.15, -0.1) is 0 Å². The molecule has 4 aromatic rings. The molecular formula is C31H25Cl2F4N5O5. The number of aromatic nitrogens is 1. The minimum Gasteiger partial charge on any atom is -0.475 e. The number of nitrogens with one attached hydrogen (secondary N) is 4. The van der Waals surface area contributed by atoms with Crippen LogP contribution in [-0.2, 0) is 16.1 Å². The maximum atomic E-state index is 15.3. The number of nitrogens with zero attached hydrogens (tertiary/aromatic N) is 1. The van der Waals surface area contributed by atoms with Crippen LogP contribution in [0.5, 0.6) is 11.5 Å². The molecule has 0 radical (unpaired) electrons. The monoisotopic (exact) mass is 693 g/mol. The molecule has 1 atom stereocenters. The van der Waals surface area contributed by atoms with Gasteiger partial charge in [0.1, 0.15) is 11.4 Å². The van der Waals surface area contributed by atoms with Crippen LogP contribution in [0, 0.1) is 17.1 Å². The molecule has 0 saturated carbocycles. The van der Waals surface area contributed by atoms with Gasteiger partial charge in [-0.25, -0.2) is 9.18 Å². The first kappa shape index (κ1) is 35.0. The molecule has 0 aliphatic carbocycles. The van der Waals surface area contributed by atoms with Gasteiger partial charge < -0.3 is 30.8 Å². The SMILES string of the molecule is N#Cc1cc(Cl)cc(Oc2c(Cl)ccc(CNC(=O)c3cc4cc(NC(=O)[C@@H]5CCCCN5)ccc4[nH]3)c2F)c1.O=C(O)C(F)(F)F. The van der Waals surface area contributed by atoms with Crippen molar-refractivity contribution in [3.05, 3.63) is 87.3 Å². The fourth-order valence-electron chi connectivity index (χ4n) is 4.52. The minimum absolute atomic E-state index is 0.0174. The fraction of sp³-hybridized carbons (Fsp3) is 0.226. The van der Waals surface area contributed by atoms with Crippen molar-refractivity contribution in [3.63, 3.8) is 0 Å². The van der Waals surface area contributed by atoms with Crippen LogP contribution < -0.4 is 20.7 Å². The first-order valence-electron chi connectivity index (χ1n) is 13.9. The summed E-state index contributed by atoms with van der Waals surface area (Å²) in [5, 5.41) is 26.1. The first-order chi connectivity index (χ1) is 22.2. The molecule has 1 aliphatic heterocycles. The Morgan fingerprint density at radius 3 is 2.47 bits per heavy atom. The molecule has 0 spiro atoms.